The zero-order valence-corrected chi connectivity index (χ0v) is 12.1. The average Bonchev–Trinajstić information content (AvgIpc) is 2.77. The average molecular weight is 291 g/mol. The second-order valence-electron chi connectivity index (χ2n) is 3.43. The van der Waals surface area contributed by atoms with Gasteiger partial charge in [-0.1, -0.05) is 5.21 Å². The van der Waals surface area contributed by atoms with Crippen LogP contribution in [0.4, 0.5) is 0 Å². The lowest BCUT2D eigenvalue weighted by Gasteiger charge is -2.17. The van der Waals surface area contributed by atoms with Gasteiger partial charge in [0.1, 0.15) is 6.29 Å². The largest absolute Gasteiger partial charge is 0.461 e. The summed E-state index contributed by atoms with van der Waals surface area (Å²) in [6.07, 6.45) is 1.07. The molecule has 0 spiro atoms. The Bertz CT molecular complexity index is 452. The molecule has 0 aliphatic carbocycles. The number of rotatable bonds is 8. The number of esters is 1. The van der Waals surface area contributed by atoms with Crippen molar-refractivity contribution in [2.45, 2.75) is 27.1 Å². The molecule has 0 aliphatic heterocycles. The molecule has 0 unspecified atom stereocenters. The first-order valence-electron chi connectivity index (χ1n) is 6.00. The topological polar surface area (TPSA) is 92.5 Å². The van der Waals surface area contributed by atoms with Crippen molar-refractivity contribution in [3.63, 3.8) is 0 Å². The van der Waals surface area contributed by atoms with Gasteiger partial charge >= 0.3 is 13.6 Å². The highest BCUT2D eigenvalue weighted by Crippen LogP contribution is 2.49. The quantitative estimate of drug-likeness (QED) is 0.531. The van der Waals surface area contributed by atoms with Gasteiger partial charge in [-0.15, -0.1) is 5.10 Å². The van der Waals surface area contributed by atoms with Crippen LogP contribution < -0.4 is 0 Å². The first-order chi connectivity index (χ1) is 9.06. The van der Waals surface area contributed by atoms with E-state index in [1.54, 1.807) is 20.8 Å². The Hall–Kier alpha value is -1.24. The molecule has 1 heterocycles. The molecule has 0 bridgehead atoms. The SMILES string of the molecule is CCOC(=O)c1cnnn1CP(=O)(OCC)OCC. The van der Waals surface area contributed by atoms with Crippen molar-refractivity contribution in [3.05, 3.63) is 11.9 Å². The van der Waals surface area contributed by atoms with Crippen LogP contribution >= 0.6 is 7.60 Å². The molecular weight excluding hydrogens is 273 g/mol. The van der Waals surface area contributed by atoms with Crippen LogP contribution in [0.25, 0.3) is 0 Å². The highest BCUT2D eigenvalue weighted by Gasteiger charge is 2.27. The molecule has 0 saturated heterocycles. The molecule has 0 N–H and O–H groups in total. The maximum atomic E-state index is 12.3. The molecule has 1 aromatic heterocycles. The van der Waals surface area contributed by atoms with Crippen LogP contribution in [0.2, 0.25) is 0 Å². The summed E-state index contributed by atoms with van der Waals surface area (Å²) in [4.78, 5) is 11.6. The van der Waals surface area contributed by atoms with Gasteiger partial charge in [0.05, 0.1) is 26.0 Å². The molecule has 0 saturated carbocycles. The second-order valence-corrected chi connectivity index (χ2v) is 5.45. The monoisotopic (exact) mass is 291 g/mol. The number of aromatic nitrogens is 3. The molecule has 0 atom stereocenters. The molecule has 8 nitrogen and oxygen atoms in total. The minimum Gasteiger partial charge on any atom is -0.461 e. The van der Waals surface area contributed by atoms with Crippen LogP contribution in [0, 0.1) is 0 Å². The van der Waals surface area contributed by atoms with Gasteiger partial charge in [0.25, 0.3) is 0 Å². The molecule has 0 aliphatic rings. The molecule has 19 heavy (non-hydrogen) atoms. The van der Waals surface area contributed by atoms with E-state index < -0.39 is 13.6 Å². The van der Waals surface area contributed by atoms with Crippen LogP contribution in [-0.4, -0.2) is 40.8 Å². The number of carbonyl (C=O) groups excluding carboxylic acids is 1. The van der Waals surface area contributed by atoms with Gasteiger partial charge in [0, 0.05) is 0 Å². The van der Waals surface area contributed by atoms with Crippen molar-refractivity contribution >= 4 is 13.6 Å². The maximum Gasteiger partial charge on any atom is 0.358 e. The molecule has 0 fully saturated rings. The summed E-state index contributed by atoms with van der Waals surface area (Å²) >= 11 is 0. The summed E-state index contributed by atoms with van der Waals surface area (Å²) in [7, 11) is -3.34. The van der Waals surface area contributed by atoms with E-state index in [0.717, 1.165) is 0 Å². The summed E-state index contributed by atoms with van der Waals surface area (Å²) in [6, 6.07) is 0. The standard InChI is InChI=1S/C10H18N3O5P/c1-4-16-10(14)9-7-11-12-13(9)8-19(15,17-5-2)18-6-3/h7H,4-6,8H2,1-3H3. The Morgan fingerprint density at radius 3 is 2.42 bits per heavy atom. The highest BCUT2D eigenvalue weighted by molar-refractivity contribution is 7.52. The Kier molecular flexibility index (Phi) is 6.14. The molecule has 0 amide bonds. The second kappa shape index (κ2) is 7.37. The molecule has 108 valence electrons. The van der Waals surface area contributed by atoms with Gasteiger partial charge in [-0.05, 0) is 20.8 Å². The van der Waals surface area contributed by atoms with E-state index in [0.29, 0.717) is 0 Å². The summed E-state index contributed by atoms with van der Waals surface area (Å²) in [6.45, 7) is 5.82. The number of hydrogen-bond acceptors (Lipinski definition) is 7. The van der Waals surface area contributed by atoms with E-state index in [1.807, 2.05) is 0 Å². The highest BCUT2D eigenvalue weighted by atomic mass is 31.2. The van der Waals surface area contributed by atoms with Crippen molar-refractivity contribution in [1.29, 1.82) is 0 Å². The van der Waals surface area contributed by atoms with Crippen molar-refractivity contribution in [3.8, 4) is 0 Å². The molecular formula is C10H18N3O5P. The maximum absolute atomic E-state index is 12.3. The van der Waals surface area contributed by atoms with Gasteiger partial charge in [0.2, 0.25) is 0 Å². The van der Waals surface area contributed by atoms with E-state index in [2.05, 4.69) is 10.3 Å². The summed E-state index contributed by atoms with van der Waals surface area (Å²) in [5.74, 6) is -0.577. The minimum absolute atomic E-state index is 0.112. The third kappa shape index (κ3) is 4.41. The lowest BCUT2D eigenvalue weighted by atomic mass is 10.5. The van der Waals surface area contributed by atoms with Crippen LogP contribution in [0.5, 0.6) is 0 Å². The van der Waals surface area contributed by atoms with Gasteiger partial charge in [-0.3, -0.25) is 4.57 Å². The Morgan fingerprint density at radius 2 is 1.89 bits per heavy atom. The minimum atomic E-state index is -3.34. The number of hydrogen-bond donors (Lipinski definition) is 0. The molecule has 0 radical (unpaired) electrons. The van der Waals surface area contributed by atoms with Gasteiger partial charge in [-0.25, -0.2) is 9.48 Å². The lowest BCUT2D eigenvalue weighted by molar-refractivity contribution is 0.0513. The smallest absolute Gasteiger partial charge is 0.358 e. The zero-order valence-electron chi connectivity index (χ0n) is 11.2. The summed E-state index contributed by atoms with van der Waals surface area (Å²) in [5.41, 5.74) is 0.112. The third-order valence-electron chi connectivity index (χ3n) is 2.06. The first-order valence-corrected chi connectivity index (χ1v) is 7.72. The van der Waals surface area contributed by atoms with Crippen LogP contribution in [0.3, 0.4) is 0 Å². The predicted octanol–water partition coefficient (Wildman–Crippen LogP) is 1.68. The fraction of sp³-hybridized carbons (Fsp3) is 0.700. The van der Waals surface area contributed by atoms with Crippen LogP contribution in [0.1, 0.15) is 31.3 Å². The molecule has 1 rings (SSSR count). The molecule has 0 aromatic carbocycles. The van der Waals surface area contributed by atoms with Gasteiger partial charge in [-0.2, -0.15) is 0 Å². The fourth-order valence-electron chi connectivity index (χ4n) is 1.40. The summed E-state index contributed by atoms with van der Waals surface area (Å²) < 4.78 is 28.6. The van der Waals surface area contributed by atoms with Crippen LogP contribution in [0.15, 0.2) is 6.20 Å². The molecule has 9 heteroatoms. The van der Waals surface area contributed by atoms with E-state index in [4.69, 9.17) is 13.8 Å². The van der Waals surface area contributed by atoms with Crippen LogP contribution in [-0.2, 0) is 24.6 Å². The first kappa shape index (κ1) is 15.8. The lowest BCUT2D eigenvalue weighted by Crippen LogP contribution is -2.15. The summed E-state index contributed by atoms with van der Waals surface area (Å²) in [5, 5.41) is 7.31. The number of ether oxygens (including phenoxy) is 1. The Labute approximate surface area is 111 Å². The Balaban J connectivity index is 2.89. The van der Waals surface area contributed by atoms with Gasteiger partial charge < -0.3 is 13.8 Å². The number of nitrogens with zero attached hydrogens (tertiary/aromatic N) is 3. The third-order valence-corrected chi connectivity index (χ3v) is 3.98. The van der Waals surface area contributed by atoms with Crippen molar-refractivity contribution < 1.29 is 23.1 Å². The van der Waals surface area contributed by atoms with Crippen molar-refractivity contribution in [1.82, 2.24) is 15.0 Å². The normalized spacial score (nSPS) is 11.5. The predicted molar refractivity (Wildman–Crippen MR) is 66.8 cm³/mol. The number of carbonyl (C=O) groups is 1. The molecule has 1 aromatic rings. The fourth-order valence-corrected chi connectivity index (χ4v) is 2.96. The van der Waals surface area contributed by atoms with Crippen molar-refractivity contribution in [2.24, 2.45) is 0 Å². The van der Waals surface area contributed by atoms with E-state index in [9.17, 15) is 9.36 Å². The van der Waals surface area contributed by atoms with Crippen molar-refractivity contribution in [2.75, 3.05) is 19.8 Å². The van der Waals surface area contributed by atoms with E-state index in [-0.39, 0.29) is 31.8 Å². The van der Waals surface area contributed by atoms with Gasteiger partial charge in [0.15, 0.2) is 5.69 Å². The Morgan fingerprint density at radius 1 is 1.26 bits per heavy atom. The van der Waals surface area contributed by atoms with E-state index >= 15 is 0 Å². The zero-order chi connectivity index (χ0) is 14.3. The van der Waals surface area contributed by atoms with E-state index in [1.165, 1.54) is 10.9 Å².